The largest absolute Gasteiger partial charge is 0.391 e. The van der Waals surface area contributed by atoms with Crippen molar-refractivity contribution in [2.75, 3.05) is 24.6 Å². The van der Waals surface area contributed by atoms with Crippen LogP contribution in [-0.4, -0.2) is 51.0 Å². The molecule has 1 aliphatic carbocycles. The first-order valence-corrected chi connectivity index (χ1v) is 7.03. The van der Waals surface area contributed by atoms with Crippen LogP contribution in [0.1, 0.15) is 25.7 Å². The maximum Gasteiger partial charge on any atom is 0.0695 e. The van der Waals surface area contributed by atoms with Crippen LogP contribution >= 0.6 is 0 Å². The summed E-state index contributed by atoms with van der Waals surface area (Å²) >= 11 is 0. The minimum atomic E-state index is -0.600. The molecule has 2 atom stereocenters. The van der Waals surface area contributed by atoms with Gasteiger partial charge in [-0.25, -0.2) is 0 Å². The summed E-state index contributed by atoms with van der Waals surface area (Å²) in [4.78, 5) is 2.34. The second kappa shape index (κ2) is 4.73. The first-order chi connectivity index (χ1) is 6.77. The monoisotopic (exact) mass is 217 g/mol. The van der Waals surface area contributed by atoms with Crippen LogP contribution in [-0.2, 0) is 10.8 Å². The van der Waals surface area contributed by atoms with Crippen molar-refractivity contribution >= 4 is 10.8 Å². The van der Waals surface area contributed by atoms with Crippen molar-refractivity contribution in [3.63, 3.8) is 0 Å². The van der Waals surface area contributed by atoms with E-state index in [9.17, 15) is 9.32 Å². The summed E-state index contributed by atoms with van der Waals surface area (Å²) in [6.07, 6.45) is 4.33. The highest BCUT2D eigenvalue weighted by Gasteiger charge is 2.30. The average molecular weight is 217 g/mol. The maximum absolute atomic E-state index is 11.2. The predicted octanol–water partition coefficient (Wildman–Crippen LogP) is 0.354. The number of aliphatic hydroxyl groups is 1. The minimum absolute atomic E-state index is 0.143. The Bertz CT molecular complexity index is 212. The molecule has 3 nitrogen and oxygen atoms in total. The Labute approximate surface area is 87.9 Å². The van der Waals surface area contributed by atoms with E-state index in [1.165, 1.54) is 6.42 Å². The molecule has 2 aliphatic rings. The normalized spacial score (nSPS) is 37.2. The third-order valence-corrected chi connectivity index (χ3v) is 4.65. The number of rotatable bonds is 1. The number of hydrogen-bond acceptors (Lipinski definition) is 3. The fourth-order valence-electron chi connectivity index (χ4n) is 2.50. The van der Waals surface area contributed by atoms with Crippen molar-refractivity contribution in [3.05, 3.63) is 0 Å². The van der Waals surface area contributed by atoms with Crippen LogP contribution in [0.5, 0.6) is 0 Å². The van der Waals surface area contributed by atoms with Crippen LogP contribution in [0.3, 0.4) is 0 Å². The Hall–Kier alpha value is 0.0700. The van der Waals surface area contributed by atoms with Crippen LogP contribution in [0.25, 0.3) is 0 Å². The van der Waals surface area contributed by atoms with Gasteiger partial charge in [-0.1, -0.05) is 12.8 Å². The molecular formula is C10H19NO2S. The van der Waals surface area contributed by atoms with Crippen molar-refractivity contribution in [2.45, 2.75) is 37.8 Å². The van der Waals surface area contributed by atoms with Crippen LogP contribution in [0.15, 0.2) is 0 Å². The molecule has 82 valence electrons. The molecule has 0 aromatic rings. The molecule has 0 unspecified atom stereocenters. The summed E-state index contributed by atoms with van der Waals surface area (Å²) in [7, 11) is -0.600. The van der Waals surface area contributed by atoms with E-state index in [1.807, 2.05) is 0 Å². The summed E-state index contributed by atoms with van der Waals surface area (Å²) < 4.78 is 11.2. The lowest BCUT2D eigenvalue weighted by molar-refractivity contribution is 0.0242. The number of hydrogen-bond donors (Lipinski definition) is 1. The third-order valence-electron chi connectivity index (χ3n) is 3.38. The van der Waals surface area contributed by atoms with Gasteiger partial charge >= 0.3 is 0 Å². The van der Waals surface area contributed by atoms with Crippen LogP contribution in [0.2, 0.25) is 0 Å². The molecule has 0 aromatic carbocycles. The maximum atomic E-state index is 11.2. The van der Waals surface area contributed by atoms with E-state index < -0.39 is 10.8 Å². The van der Waals surface area contributed by atoms with Gasteiger partial charge in [0.2, 0.25) is 0 Å². The first kappa shape index (κ1) is 10.6. The van der Waals surface area contributed by atoms with Gasteiger partial charge in [-0.2, -0.15) is 0 Å². The molecule has 2 rings (SSSR count). The molecular weight excluding hydrogens is 198 g/mol. The SMILES string of the molecule is O=S1CCN([C@H]2CCCC[C@@H]2O)CC1. The summed E-state index contributed by atoms with van der Waals surface area (Å²) in [6.45, 7) is 1.82. The smallest absolute Gasteiger partial charge is 0.0695 e. The molecule has 0 spiro atoms. The summed E-state index contributed by atoms with van der Waals surface area (Å²) in [6, 6.07) is 0.348. The fourth-order valence-corrected chi connectivity index (χ4v) is 3.58. The Morgan fingerprint density at radius 2 is 1.79 bits per heavy atom. The van der Waals surface area contributed by atoms with E-state index in [2.05, 4.69) is 4.90 Å². The molecule has 0 radical (unpaired) electrons. The second-order valence-electron chi connectivity index (χ2n) is 4.30. The lowest BCUT2D eigenvalue weighted by atomic mass is 9.91. The van der Waals surface area contributed by atoms with Gasteiger partial charge in [-0.3, -0.25) is 9.11 Å². The summed E-state index contributed by atoms with van der Waals surface area (Å²) in [5.41, 5.74) is 0. The lowest BCUT2D eigenvalue weighted by Crippen LogP contribution is -2.50. The van der Waals surface area contributed by atoms with Gasteiger partial charge in [-0.05, 0) is 12.8 Å². The number of aliphatic hydroxyl groups excluding tert-OH is 1. The van der Waals surface area contributed by atoms with E-state index >= 15 is 0 Å². The Morgan fingerprint density at radius 1 is 1.14 bits per heavy atom. The average Bonchev–Trinajstić information content (AvgIpc) is 2.20. The predicted molar refractivity (Wildman–Crippen MR) is 57.7 cm³/mol. The highest BCUT2D eigenvalue weighted by molar-refractivity contribution is 7.85. The van der Waals surface area contributed by atoms with Gasteiger partial charge < -0.3 is 5.11 Å². The van der Waals surface area contributed by atoms with Gasteiger partial charge in [0.05, 0.1) is 6.10 Å². The fraction of sp³-hybridized carbons (Fsp3) is 1.00. The topological polar surface area (TPSA) is 40.5 Å². The molecule has 1 aliphatic heterocycles. The van der Waals surface area contributed by atoms with Crippen molar-refractivity contribution in [1.82, 2.24) is 4.90 Å². The van der Waals surface area contributed by atoms with Crippen molar-refractivity contribution in [2.24, 2.45) is 0 Å². The van der Waals surface area contributed by atoms with Crippen molar-refractivity contribution in [1.29, 1.82) is 0 Å². The molecule has 1 saturated heterocycles. The first-order valence-electron chi connectivity index (χ1n) is 5.54. The van der Waals surface area contributed by atoms with E-state index in [4.69, 9.17) is 0 Å². The molecule has 1 heterocycles. The summed E-state index contributed by atoms with van der Waals surface area (Å²) in [5.74, 6) is 1.59. The molecule has 0 bridgehead atoms. The van der Waals surface area contributed by atoms with Crippen LogP contribution in [0, 0.1) is 0 Å². The zero-order chi connectivity index (χ0) is 9.97. The number of nitrogens with zero attached hydrogens (tertiary/aromatic N) is 1. The van der Waals surface area contributed by atoms with E-state index in [-0.39, 0.29) is 6.10 Å². The minimum Gasteiger partial charge on any atom is -0.391 e. The van der Waals surface area contributed by atoms with Crippen molar-refractivity contribution < 1.29 is 9.32 Å². The van der Waals surface area contributed by atoms with Gasteiger partial charge in [0.15, 0.2) is 0 Å². The van der Waals surface area contributed by atoms with Crippen LogP contribution in [0.4, 0.5) is 0 Å². The van der Waals surface area contributed by atoms with Gasteiger partial charge in [0.1, 0.15) is 0 Å². The standard InChI is InChI=1S/C10H19NO2S/c12-10-4-2-1-3-9(10)11-5-7-14(13)8-6-11/h9-10,12H,1-8H2/t9-,10-/m0/s1. The zero-order valence-electron chi connectivity index (χ0n) is 8.52. The Morgan fingerprint density at radius 3 is 2.43 bits per heavy atom. The zero-order valence-corrected chi connectivity index (χ0v) is 9.34. The molecule has 14 heavy (non-hydrogen) atoms. The van der Waals surface area contributed by atoms with Gasteiger partial charge in [0.25, 0.3) is 0 Å². The quantitative estimate of drug-likeness (QED) is 0.689. The van der Waals surface area contributed by atoms with Gasteiger partial charge in [0, 0.05) is 41.4 Å². The molecule has 0 aromatic heterocycles. The molecule has 1 saturated carbocycles. The van der Waals surface area contributed by atoms with Crippen molar-refractivity contribution in [3.8, 4) is 0 Å². The highest BCUT2D eigenvalue weighted by Crippen LogP contribution is 2.23. The van der Waals surface area contributed by atoms with E-state index in [1.54, 1.807) is 0 Å². The third kappa shape index (κ3) is 2.35. The Balaban J connectivity index is 1.90. The Kier molecular flexibility index (Phi) is 3.57. The van der Waals surface area contributed by atoms with E-state index in [0.29, 0.717) is 6.04 Å². The molecule has 2 fully saturated rings. The lowest BCUT2D eigenvalue weighted by Gasteiger charge is -2.39. The summed E-state index contributed by atoms with van der Waals surface area (Å²) in [5, 5.41) is 9.87. The van der Waals surface area contributed by atoms with E-state index in [0.717, 1.165) is 43.9 Å². The van der Waals surface area contributed by atoms with Crippen LogP contribution < -0.4 is 0 Å². The molecule has 1 N–H and O–H groups in total. The second-order valence-corrected chi connectivity index (χ2v) is 6.00. The highest BCUT2D eigenvalue weighted by atomic mass is 32.2. The molecule has 0 amide bonds. The van der Waals surface area contributed by atoms with Gasteiger partial charge in [-0.15, -0.1) is 0 Å². The molecule has 4 heteroatoms.